The molecule has 0 aliphatic rings. The van der Waals surface area contributed by atoms with Gasteiger partial charge in [-0.3, -0.25) is 0 Å². The zero-order valence-corrected chi connectivity index (χ0v) is 16.9. The van der Waals surface area contributed by atoms with Gasteiger partial charge in [-0.25, -0.2) is 13.8 Å². The van der Waals surface area contributed by atoms with E-state index in [0.29, 0.717) is 0 Å². The Balaban J connectivity index is 0.000000445. The summed E-state index contributed by atoms with van der Waals surface area (Å²) >= 11 is 0. The van der Waals surface area contributed by atoms with Gasteiger partial charge in [0.15, 0.2) is 6.67 Å². The fourth-order valence-corrected chi connectivity index (χ4v) is 2.60. The number of nitrogens with zero attached hydrogens (tertiary/aromatic N) is 4. The summed E-state index contributed by atoms with van der Waals surface area (Å²) in [5.74, 6) is 1.30. The third-order valence-electron chi connectivity index (χ3n) is 3.90. The average Bonchev–Trinajstić information content (AvgIpc) is 2.96. The van der Waals surface area contributed by atoms with E-state index < -0.39 is 7.81 Å². The molecule has 0 spiro atoms. The summed E-state index contributed by atoms with van der Waals surface area (Å²) in [5.41, 5.74) is 2.30. The van der Waals surface area contributed by atoms with Crippen LogP contribution in [-0.4, -0.2) is 14.3 Å². The van der Waals surface area contributed by atoms with Gasteiger partial charge in [0.1, 0.15) is 12.4 Å². The van der Waals surface area contributed by atoms with Crippen LogP contribution in [0.3, 0.4) is 0 Å². The van der Waals surface area contributed by atoms with E-state index in [-0.39, 0.29) is 0 Å². The van der Waals surface area contributed by atoms with E-state index in [1.807, 2.05) is 6.92 Å². The van der Waals surface area contributed by atoms with Gasteiger partial charge < -0.3 is 0 Å². The molecule has 0 radical (unpaired) electrons. The molecule has 4 nitrogen and oxygen atoms in total. The molecule has 0 fully saturated rings. The molecular formula is C16H27F6N4P. The van der Waals surface area contributed by atoms with Crippen LogP contribution in [0.4, 0.5) is 25.2 Å². The molecule has 11 heteroatoms. The van der Waals surface area contributed by atoms with Crippen molar-refractivity contribution >= 4 is 7.81 Å². The average molecular weight is 420 g/mol. The third-order valence-corrected chi connectivity index (χ3v) is 3.90. The first kappa shape index (κ1) is 23.5. The summed E-state index contributed by atoms with van der Waals surface area (Å²) in [6.07, 6.45) is 9.57. The van der Waals surface area contributed by atoms with Crippen LogP contribution in [0, 0.1) is 20.8 Å². The van der Waals surface area contributed by atoms with Crippen LogP contribution in [0.5, 0.6) is 0 Å². The molecule has 0 aliphatic heterocycles. The molecule has 158 valence electrons. The number of aryl methyl sites for hydroxylation is 3. The number of halogens is 6. The van der Waals surface area contributed by atoms with Crippen molar-refractivity contribution in [2.75, 3.05) is 0 Å². The SMILES string of the molecule is CCCCCCn1cc[n+](Cn2nc(C)cc2C)c1C.F[P-](F)(F)(F)(F)F. The molecule has 0 saturated carbocycles. The van der Waals surface area contributed by atoms with E-state index in [0.717, 1.165) is 18.9 Å². The summed E-state index contributed by atoms with van der Waals surface area (Å²) in [6, 6.07) is 2.12. The first-order chi connectivity index (χ1) is 12.1. The van der Waals surface area contributed by atoms with Gasteiger partial charge in [0.2, 0.25) is 0 Å². The minimum atomic E-state index is -10.7. The second-order valence-corrected chi connectivity index (χ2v) is 8.51. The monoisotopic (exact) mass is 420 g/mol. The van der Waals surface area contributed by atoms with Crippen LogP contribution in [0.15, 0.2) is 18.5 Å². The predicted molar refractivity (Wildman–Crippen MR) is 94.2 cm³/mol. The zero-order valence-electron chi connectivity index (χ0n) is 16.0. The van der Waals surface area contributed by atoms with Crippen molar-refractivity contribution in [2.24, 2.45) is 0 Å². The molecule has 0 atom stereocenters. The maximum atomic E-state index is 9.87. The molecule has 27 heavy (non-hydrogen) atoms. The predicted octanol–water partition coefficient (Wildman–Crippen LogP) is 6.37. The van der Waals surface area contributed by atoms with Crippen LogP contribution in [-0.2, 0) is 13.2 Å². The number of imidazole rings is 1. The van der Waals surface area contributed by atoms with Gasteiger partial charge in [-0.1, -0.05) is 19.8 Å². The van der Waals surface area contributed by atoms with Crippen molar-refractivity contribution in [3.63, 3.8) is 0 Å². The molecular weight excluding hydrogens is 393 g/mol. The Morgan fingerprint density at radius 1 is 1.00 bits per heavy atom. The second-order valence-electron chi connectivity index (χ2n) is 6.60. The molecule has 2 rings (SSSR count). The molecule has 2 heterocycles. The molecule has 0 unspecified atom stereocenters. The third kappa shape index (κ3) is 11.0. The Bertz CT molecular complexity index is 737. The van der Waals surface area contributed by atoms with Gasteiger partial charge in [0.25, 0.3) is 5.82 Å². The number of hydrogen-bond acceptors (Lipinski definition) is 1. The van der Waals surface area contributed by atoms with E-state index in [1.54, 1.807) is 0 Å². The van der Waals surface area contributed by atoms with Gasteiger partial charge in [0.05, 0.1) is 12.2 Å². The van der Waals surface area contributed by atoms with E-state index in [2.05, 4.69) is 58.1 Å². The first-order valence-electron chi connectivity index (χ1n) is 8.69. The van der Waals surface area contributed by atoms with E-state index in [4.69, 9.17) is 0 Å². The summed E-state index contributed by atoms with van der Waals surface area (Å²) in [5, 5.41) is 4.53. The molecule has 2 aromatic rings. The van der Waals surface area contributed by atoms with Crippen molar-refractivity contribution in [3.05, 3.63) is 35.7 Å². The fourth-order valence-electron chi connectivity index (χ4n) is 2.60. The van der Waals surface area contributed by atoms with E-state index in [9.17, 15) is 25.2 Å². The molecule has 0 saturated heterocycles. The van der Waals surface area contributed by atoms with Crippen LogP contribution in [0.25, 0.3) is 0 Å². The first-order valence-corrected chi connectivity index (χ1v) is 10.7. The summed E-state index contributed by atoms with van der Waals surface area (Å²) < 4.78 is 65.9. The summed E-state index contributed by atoms with van der Waals surface area (Å²) in [4.78, 5) is 0. The number of unbranched alkanes of at least 4 members (excludes halogenated alkanes) is 3. The Hall–Kier alpha value is -1.57. The van der Waals surface area contributed by atoms with Crippen molar-refractivity contribution in [2.45, 2.75) is 66.6 Å². The number of hydrogen-bond donors (Lipinski definition) is 0. The number of rotatable bonds is 7. The van der Waals surface area contributed by atoms with Gasteiger partial charge >= 0.3 is 33.0 Å². The summed E-state index contributed by atoms with van der Waals surface area (Å²) in [6.45, 7) is 10.5. The van der Waals surface area contributed by atoms with Crippen molar-refractivity contribution < 1.29 is 29.7 Å². The molecule has 0 N–H and O–H groups in total. The van der Waals surface area contributed by atoms with Crippen molar-refractivity contribution in [3.8, 4) is 0 Å². The second kappa shape index (κ2) is 7.81. The standard InChI is InChI=1S/C16H27N4.F6P/c1-5-6-7-8-9-18-10-11-19(16(18)4)13-20-15(3)12-14(2)17-20;1-7(2,3,4,5)6/h10-12H,5-9,13H2,1-4H3;/q+1;-1. The van der Waals surface area contributed by atoms with Crippen LogP contribution in [0.1, 0.15) is 49.8 Å². The quantitative estimate of drug-likeness (QED) is 0.221. The van der Waals surface area contributed by atoms with Crippen molar-refractivity contribution in [1.29, 1.82) is 0 Å². The van der Waals surface area contributed by atoms with Gasteiger partial charge in [-0.15, -0.1) is 0 Å². The van der Waals surface area contributed by atoms with Gasteiger partial charge in [0, 0.05) is 12.6 Å². The Kier molecular flexibility index (Phi) is 6.79. The molecule has 0 bridgehead atoms. The fraction of sp³-hybridized carbons (Fsp3) is 0.625. The Labute approximate surface area is 155 Å². The zero-order chi connectivity index (χ0) is 20.9. The molecule has 2 aromatic heterocycles. The van der Waals surface area contributed by atoms with Crippen molar-refractivity contribution in [1.82, 2.24) is 14.3 Å². The number of aromatic nitrogens is 4. The summed E-state index contributed by atoms with van der Waals surface area (Å²) in [7, 11) is -10.7. The minimum absolute atomic E-state index is 0.799. The van der Waals surface area contributed by atoms with Gasteiger partial charge in [-0.05, 0) is 32.8 Å². The van der Waals surface area contributed by atoms with Gasteiger partial charge in [-0.2, -0.15) is 5.10 Å². The van der Waals surface area contributed by atoms with E-state index in [1.165, 1.54) is 37.2 Å². The Morgan fingerprint density at radius 2 is 1.59 bits per heavy atom. The maximum absolute atomic E-state index is 10.7. The molecule has 0 aromatic carbocycles. The van der Waals surface area contributed by atoms with E-state index >= 15 is 0 Å². The van der Waals surface area contributed by atoms with Crippen LogP contribution >= 0.6 is 7.81 Å². The molecule has 0 amide bonds. The normalized spacial score (nSPS) is 14.3. The Morgan fingerprint density at radius 3 is 2.07 bits per heavy atom. The van der Waals surface area contributed by atoms with Crippen LogP contribution < -0.4 is 4.57 Å². The topological polar surface area (TPSA) is 26.6 Å². The van der Waals surface area contributed by atoms with Crippen LogP contribution in [0.2, 0.25) is 0 Å². The molecule has 0 aliphatic carbocycles.